The highest BCUT2D eigenvalue weighted by atomic mass is 35.5. The van der Waals surface area contributed by atoms with Gasteiger partial charge in [-0.25, -0.2) is 0 Å². The van der Waals surface area contributed by atoms with Crippen LogP contribution in [0.5, 0.6) is 0 Å². The number of amides is 1. The molecule has 0 spiro atoms. The van der Waals surface area contributed by atoms with E-state index in [0.29, 0.717) is 15.6 Å². The zero-order valence-corrected chi connectivity index (χ0v) is 14.1. The van der Waals surface area contributed by atoms with E-state index in [9.17, 15) is 4.79 Å². The number of carbonyl (C=O) groups excluding carboxylic acids is 1. The SMILES string of the molecule is O=C(c1ccc(Cl)cc1Cl)N(c1ccccc1)C1CCCNC1. The molecule has 1 aliphatic heterocycles. The van der Waals surface area contributed by atoms with Crippen molar-refractivity contribution < 1.29 is 4.79 Å². The van der Waals surface area contributed by atoms with Gasteiger partial charge in [0, 0.05) is 23.3 Å². The molecule has 1 heterocycles. The van der Waals surface area contributed by atoms with Gasteiger partial charge in [0.2, 0.25) is 0 Å². The first-order valence-corrected chi connectivity index (χ1v) is 8.47. The summed E-state index contributed by atoms with van der Waals surface area (Å²) in [6.07, 6.45) is 2.02. The van der Waals surface area contributed by atoms with Gasteiger partial charge in [0.25, 0.3) is 5.91 Å². The maximum atomic E-state index is 13.1. The number of hydrogen-bond donors (Lipinski definition) is 1. The van der Waals surface area contributed by atoms with Gasteiger partial charge in [-0.15, -0.1) is 0 Å². The van der Waals surface area contributed by atoms with Gasteiger partial charge in [-0.1, -0.05) is 41.4 Å². The normalized spacial score (nSPS) is 17.7. The van der Waals surface area contributed by atoms with Crippen molar-refractivity contribution in [1.82, 2.24) is 5.32 Å². The molecule has 0 bridgehead atoms. The molecule has 0 aromatic heterocycles. The first-order chi connectivity index (χ1) is 11.2. The van der Waals surface area contributed by atoms with Crippen LogP contribution in [0.15, 0.2) is 48.5 Å². The molecule has 120 valence electrons. The van der Waals surface area contributed by atoms with Gasteiger partial charge in [0.05, 0.1) is 10.6 Å². The number of hydrogen-bond acceptors (Lipinski definition) is 2. The third-order valence-corrected chi connectivity index (χ3v) is 4.60. The molecule has 1 saturated heterocycles. The van der Waals surface area contributed by atoms with Crippen LogP contribution >= 0.6 is 23.2 Å². The van der Waals surface area contributed by atoms with Crippen LogP contribution in [0.1, 0.15) is 23.2 Å². The molecule has 0 radical (unpaired) electrons. The van der Waals surface area contributed by atoms with E-state index in [2.05, 4.69) is 5.32 Å². The van der Waals surface area contributed by atoms with E-state index in [-0.39, 0.29) is 11.9 Å². The molecule has 1 fully saturated rings. The number of anilines is 1. The largest absolute Gasteiger partial charge is 0.315 e. The number of para-hydroxylation sites is 1. The number of nitrogens with one attached hydrogen (secondary N) is 1. The minimum absolute atomic E-state index is 0.0911. The topological polar surface area (TPSA) is 32.3 Å². The van der Waals surface area contributed by atoms with E-state index in [4.69, 9.17) is 23.2 Å². The zero-order chi connectivity index (χ0) is 16.2. The predicted molar refractivity (Wildman–Crippen MR) is 95.6 cm³/mol. The van der Waals surface area contributed by atoms with Crippen molar-refractivity contribution in [3.63, 3.8) is 0 Å². The van der Waals surface area contributed by atoms with E-state index in [1.54, 1.807) is 18.2 Å². The molecule has 1 unspecified atom stereocenters. The van der Waals surface area contributed by atoms with Crippen LogP contribution in [-0.2, 0) is 0 Å². The van der Waals surface area contributed by atoms with Gasteiger partial charge in [0.15, 0.2) is 0 Å². The summed E-state index contributed by atoms with van der Waals surface area (Å²) in [6.45, 7) is 1.78. The number of piperidine rings is 1. The summed E-state index contributed by atoms with van der Waals surface area (Å²) >= 11 is 12.2. The molecule has 5 heteroatoms. The van der Waals surface area contributed by atoms with Crippen molar-refractivity contribution in [2.75, 3.05) is 18.0 Å². The zero-order valence-electron chi connectivity index (χ0n) is 12.6. The van der Waals surface area contributed by atoms with E-state index in [1.807, 2.05) is 35.2 Å². The smallest absolute Gasteiger partial charge is 0.260 e. The van der Waals surface area contributed by atoms with Crippen molar-refractivity contribution in [1.29, 1.82) is 0 Å². The standard InChI is InChI=1S/C18H18Cl2N2O/c19-13-8-9-16(17(20)11-13)18(23)22(14-5-2-1-3-6-14)15-7-4-10-21-12-15/h1-3,5-6,8-9,11,15,21H,4,7,10,12H2. The molecule has 0 saturated carbocycles. The average molecular weight is 349 g/mol. The fourth-order valence-electron chi connectivity index (χ4n) is 2.93. The Balaban J connectivity index is 1.98. The summed E-state index contributed by atoms with van der Waals surface area (Å²) < 4.78 is 0. The third kappa shape index (κ3) is 3.69. The van der Waals surface area contributed by atoms with Gasteiger partial charge >= 0.3 is 0 Å². The van der Waals surface area contributed by atoms with Crippen molar-refractivity contribution in [2.24, 2.45) is 0 Å². The van der Waals surface area contributed by atoms with Crippen LogP contribution in [0.2, 0.25) is 10.0 Å². The van der Waals surface area contributed by atoms with Crippen LogP contribution in [0.25, 0.3) is 0 Å². The average Bonchev–Trinajstić information content (AvgIpc) is 2.57. The highest BCUT2D eigenvalue weighted by Gasteiger charge is 2.28. The predicted octanol–water partition coefficient (Wildman–Crippen LogP) is 4.39. The van der Waals surface area contributed by atoms with Crippen LogP contribution in [0.3, 0.4) is 0 Å². The second-order valence-corrected chi connectivity index (χ2v) is 6.48. The summed E-state index contributed by atoms with van der Waals surface area (Å²) in [5.74, 6) is -0.0911. The molecule has 1 atom stereocenters. The van der Waals surface area contributed by atoms with Crippen molar-refractivity contribution in [3.8, 4) is 0 Å². The Morgan fingerprint density at radius 2 is 1.91 bits per heavy atom. The molecular weight excluding hydrogens is 331 g/mol. The maximum absolute atomic E-state index is 13.1. The Kier molecular flexibility index (Phi) is 5.21. The molecule has 1 amide bonds. The lowest BCUT2D eigenvalue weighted by atomic mass is 10.0. The fraction of sp³-hybridized carbons (Fsp3) is 0.278. The highest BCUT2D eigenvalue weighted by Crippen LogP contribution is 2.27. The molecular formula is C18H18Cl2N2O. The number of nitrogens with zero attached hydrogens (tertiary/aromatic N) is 1. The minimum atomic E-state index is -0.0911. The second-order valence-electron chi connectivity index (χ2n) is 5.64. The highest BCUT2D eigenvalue weighted by molar-refractivity contribution is 6.37. The van der Waals surface area contributed by atoms with E-state index in [0.717, 1.165) is 31.6 Å². The first kappa shape index (κ1) is 16.3. The number of halogens is 2. The van der Waals surface area contributed by atoms with Gasteiger partial charge in [-0.3, -0.25) is 4.79 Å². The Bertz CT molecular complexity index is 685. The molecule has 3 nitrogen and oxygen atoms in total. The van der Waals surface area contributed by atoms with Crippen LogP contribution < -0.4 is 10.2 Å². The number of benzene rings is 2. The van der Waals surface area contributed by atoms with E-state index in [1.165, 1.54) is 0 Å². The Morgan fingerprint density at radius 3 is 2.57 bits per heavy atom. The number of carbonyl (C=O) groups is 1. The van der Waals surface area contributed by atoms with E-state index >= 15 is 0 Å². The maximum Gasteiger partial charge on any atom is 0.260 e. The van der Waals surface area contributed by atoms with Crippen molar-refractivity contribution in [3.05, 3.63) is 64.1 Å². The Morgan fingerprint density at radius 1 is 1.13 bits per heavy atom. The Hall–Kier alpha value is -1.55. The van der Waals surface area contributed by atoms with Gasteiger partial charge in [-0.2, -0.15) is 0 Å². The summed E-state index contributed by atoms with van der Waals surface area (Å²) in [7, 11) is 0. The monoisotopic (exact) mass is 348 g/mol. The third-order valence-electron chi connectivity index (χ3n) is 4.05. The lowest BCUT2D eigenvalue weighted by Crippen LogP contribution is -2.49. The summed E-state index contributed by atoms with van der Waals surface area (Å²) in [4.78, 5) is 15.0. The fourth-order valence-corrected chi connectivity index (χ4v) is 3.42. The molecule has 1 aliphatic rings. The van der Waals surface area contributed by atoms with Gasteiger partial charge in [0.1, 0.15) is 0 Å². The Labute approximate surface area is 146 Å². The molecule has 23 heavy (non-hydrogen) atoms. The number of rotatable bonds is 3. The molecule has 1 N–H and O–H groups in total. The van der Waals surface area contributed by atoms with Gasteiger partial charge < -0.3 is 10.2 Å². The molecule has 2 aromatic carbocycles. The van der Waals surface area contributed by atoms with Crippen molar-refractivity contribution in [2.45, 2.75) is 18.9 Å². The first-order valence-electron chi connectivity index (χ1n) is 7.71. The van der Waals surface area contributed by atoms with Crippen LogP contribution in [0, 0.1) is 0 Å². The summed E-state index contributed by atoms with van der Waals surface area (Å²) in [6, 6.07) is 14.9. The minimum Gasteiger partial charge on any atom is -0.315 e. The summed E-state index contributed by atoms with van der Waals surface area (Å²) in [5, 5.41) is 4.27. The van der Waals surface area contributed by atoms with E-state index < -0.39 is 0 Å². The van der Waals surface area contributed by atoms with Gasteiger partial charge in [-0.05, 0) is 49.7 Å². The van der Waals surface area contributed by atoms with Crippen LogP contribution in [0.4, 0.5) is 5.69 Å². The van der Waals surface area contributed by atoms with Crippen LogP contribution in [-0.4, -0.2) is 25.0 Å². The lowest BCUT2D eigenvalue weighted by molar-refractivity contribution is 0.0972. The summed E-state index contributed by atoms with van der Waals surface area (Å²) in [5.41, 5.74) is 1.36. The molecule has 3 rings (SSSR count). The molecule has 0 aliphatic carbocycles. The molecule has 2 aromatic rings. The quantitative estimate of drug-likeness (QED) is 0.891. The van der Waals surface area contributed by atoms with Crippen molar-refractivity contribution >= 4 is 34.8 Å². The second kappa shape index (κ2) is 7.35. The lowest BCUT2D eigenvalue weighted by Gasteiger charge is -2.35.